The SMILES string of the molecule is COc1cc(C(=O)N2CC[C@]3(c4ccccc4)[C@@H](C2)OCC(=O)N3C)ccc1C. The van der Waals surface area contributed by atoms with Crippen LogP contribution in [0, 0.1) is 6.92 Å². The summed E-state index contributed by atoms with van der Waals surface area (Å²) in [7, 11) is 3.45. The molecule has 2 saturated heterocycles. The molecule has 0 bridgehead atoms. The van der Waals surface area contributed by atoms with Crippen molar-refractivity contribution in [1.29, 1.82) is 0 Å². The summed E-state index contributed by atoms with van der Waals surface area (Å²) in [6, 6.07) is 15.5. The van der Waals surface area contributed by atoms with E-state index in [1.54, 1.807) is 13.2 Å². The number of rotatable bonds is 3. The zero-order chi connectivity index (χ0) is 20.6. The summed E-state index contributed by atoms with van der Waals surface area (Å²) >= 11 is 0. The number of morpholine rings is 1. The number of benzene rings is 2. The molecule has 2 fully saturated rings. The van der Waals surface area contributed by atoms with Gasteiger partial charge >= 0.3 is 0 Å². The Balaban J connectivity index is 1.64. The van der Waals surface area contributed by atoms with Crippen LogP contribution in [0.3, 0.4) is 0 Å². The predicted octanol–water partition coefficient (Wildman–Crippen LogP) is 2.60. The standard InChI is InChI=1S/C23H26N2O4/c1-16-9-10-17(13-19(16)28-3)22(27)25-12-11-23(18-7-5-4-6-8-18)20(14-25)29-15-21(26)24(23)2/h4-10,13,20H,11-12,14-15H2,1-3H3/t20-,23+/m1/s1. The van der Waals surface area contributed by atoms with Crippen LogP contribution in [0.2, 0.25) is 0 Å². The van der Waals surface area contributed by atoms with E-state index in [2.05, 4.69) is 0 Å². The molecule has 0 spiro atoms. The molecule has 0 radical (unpaired) electrons. The first-order valence-corrected chi connectivity index (χ1v) is 9.85. The first kappa shape index (κ1) is 19.5. The lowest BCUT2D eigenvalue weighted by molar-refractivity contribution is -0.180. The van der Waals surface area contributed by atoms with Gasteiger partial charge in [0.1, 0.15) is 18.5 Å². The van der Waals surface area contributed by atoms with Crippen molar-refractivity contribution in [2.45, 2.75) is 25.0 Å². The Morgan fingerprint density at radius 1 is 1.21 bits per heavy atom. The highest BCUT2D eigenvalue weighted by Gasteiger charge is 2.53. The van der Waals surface area contributed by atoms with Gasteiger partial charge in [-0.1, -0.05) is 36.4 Å². The highest BCUT2D eigenvalue weighted by Crippen LogP contribution is 2.42. The third-order valence-electron chi connectivity index (χ3n) is 6.28. The van der Waals surface area contributed by atoms with Gasteiger partial charge in [-0.05, 0) is 36.6 Å². The molecular weight excluding hydrogens is 368 g/mol. The monoisotopic (exact) mass is 394 g/mol. The van der Waals surface area contributed by atoms with E-state index in [9.17, 15) is 9.59 Å². The molecule has 2 amide bonds. The van der Waals surface area contributed by atoms with Crippen LogP contribution in [0.25, 0.3) is 0 Å². The number of likely N-dealkylation sites (N-methyl/N-ethyl adjacent to an activating group) is 1. The summed E-state index contributed by atoms with van der Waals surface area (Å²) in [5.41, 5.74) is 2.07. The lowest BCUT2D eigenvalue weighted by Crippen LogP contribution is -2.67. The molecule has 29 heavy (non-hydrogen) atoms. The molecule has 0 aliphatic carbocycles. The fraction of sp³-hybridized carbons (Fsp3) is 0.391. The molecule has 2 atom stereocenters. The number of methoxy groups -OCH3 is 1. The summed E-state index contributed by atoms with van der Waals surface area (Å²) in [6.07, 6.45) is 0.344. The number of likely N-dealkylation sites (tertiary alicyclic amines) is 1. The second-order valence-electron chi connectivity index (χ2n) is 7.73. The van der Waals surface area contributed by atoms with Crippen LogP contribution in [0.1, 0.15) is 27.9 Å². The first-order chi connectivity index (χ1) is 14.0. The lowest BCUT2D eigenvalue weighted by Gasteiger charge is -2.54. The van der Waals surface area contributed by atoms with Gasteiger partial charge in [-0.15, -0.1) is 0 Å². The second kappa shape index (κ2) is 7.52. The molecule has 2 heterocycles. The number of nitrogens with zero attached hydrogens (tertiary/aromatic N) is 2. The Kier molecular flexibility index (Phi) is 5.04. The van der Waals surface area contributed by atoms with Crippen molar-refractivity contribution in [2.24, 2.45) is 0 Å². The largest absolute Gasteiger partial charge is 0.496 e. The van der Waals surface area contributed by atoms with Crippen LogP contribution in [0.5, 0.6) is 5.75 Å². The van der Waals surface area contributed by atoms with Crippen molar-refractivity contribution in [3.05, 3.63) is 65.2 Å². The highest BCUT2D eigenvalue weighted by molar-refractivity contribution is 5.95. The predicted molar refractivity (Wildman–Crippen MR) is 109 cm³/mol. The van der Waals surface area contributed by atoms with Gasteiger partial charge in [0.25, 0.3) is 5.91 Å². The van der Waals surface area contributed by atoms with E-state index in [0.29, 0.717) is 30.8 Å². The summed E-state index contributed by atoms with van der Waals surface area (Å²) < 4.78 is 11.4. The second-order valence-corrected chi connectivity index (χ2v) is 7.73. The molecule has 2 aliphatic heterocycles. The maximum atomic E-state index is 13.2. The van der Waals surface area contributed by atoms with Crippen molar-refractivity contribution in [3.63, 3.8) is 0 Å². The minimum absolute atomic E-state index is 0.0341. The zero-order valence-electron chi connectivity index (χ0n) is 17.1. The molecule has 0 unspecified atom stereocenters. The van der Waals surface area contributed by atoms with Gasteiger partial charge in [0.15, 0.2) is 0 Å². The number of hydrogen-bond acceptors (Lipinski definition) is 4. The minimum Gasteiger partial charge on any atom is -0.496 e. The third-order valence-corrected chi connectivity index (χ3v) is 6.28. The van der Waals surface area contributed by atoms with E-state index < -0.39 is 5.54 Å². The topological polar surface area (TPSA) is 59.1 Å². The zero-order valence-corrected chi connectivity index (χ0v) is 17.1. The Hall–Kier alpha value is -2.86. The highest BCUT2D eigenvalue weighted by atomic mass is 16.5. The van der Waals surface area contributed by atoms with Crippen molar-refractivity contribution in [3.8, 4) is 5.75 Å². The van der Waals surface area contributed by atoms with E-state index in [4.69, 9.17) is 9.47 Å². The van der Waals surface area contributed by atoms with E-state index in [0.717, 1.165) is 11.1 Å². The summed E-state index contributed by atoms with van der Waals surface area (Å²) in [5, 5.41) is 0. The molecule has 6 heteroatoms. The van der Waals surface area contributed by atoms with Gasteiger partial charge in [0, 0.05) is 25.7 Å². The number of piperidine rings is 1. The van der Waals surface area contributed by atoms with Crippen molar-refractivity contribution in [2.75, 3.05) is 33.9 Å². The van der Waals surface area contributed by atoms with Crippen LogP contribution >= 0.6 is 0 Å². The summed E-state index contributed by atoms with van der Waals surface area (Å²) in [5.74, 6) is 0.618. The summed E-state index contributed by atoms with van der Waals surface area (Å²) in [4.78, 5) is 29.3. The molecule has 6 nitrogen and oxygen atoms in total. The summed E-state index contributed by atoms with van der Waals surface area (Å²) in [6.45, 7) is 2.96. The van der Waals surface area contributed by atoms with Gasteiger partial charge < -0.3 is 19.3 Å². The van der Waals surface area contributed by atoms with E-state index in [1.165, 1.54) is 0 Å². The van der Waals surface area contributed by atoms with Gasteiger partial charge in [0.05, 0.1) is 12.6 Å². The van der Waals surface area contributed by atoms with Crippen molar-refractivity contribution >= 4 is 11.8 Å². The number of hydrogen-bond donors (Lipinski definition) is 0. The van der Waals surface area contributed by atoms with Crippen LogP contribution in [-0.4, -0.2) is 61.6 Å². The molecule has 4 rings (SSSR count). The fourth-order valence-corrected chi connectivity index (χ4v) is 4.55. The smallest absolute Gasteiger partial charge is 0.254 e. The first-order valence-electron chi connectivity index (χ1n) is 9.85. The number of fused-ring (bicyclic) bond motifs is 1. The quantitative estimate of drug-likeness (QED) is 0.803. The molecule has 2 aliphatic rings. The van der Waals surface area contributed by atoms with Gasteiger partial charge in [0.2, 0.25) is 5.91 Å². The van der Waals surface area contributed by atoms with Crippen LogP contribution in [-0.2, 0) is 15.1 Å². The Morgan fingerprint density at radius 2 is 1.97 bits per heavy atom. The average Bonchev–Trinajstić information content (AvgIpc) is 2.76. The third kappa shape index (κ3) is 3.17. The van der Waals surface area contributed by atoms with Gasteiger partial charge in [-0.2, -0.15) is 0 Å². The number of carbonyl (C=O) groups is 2. The average molecular weight is 394 g/mol. The van der Waals surface area contributed by atoms with Crippen LogP contribution < -0.4 is 4.74 Å². The van der Waals surface area contributed by atoms with Crippen molar-refractivity contribution < 1.29 is 19.1 Å². The normalized spacial score (nSPS) is 24.2. The Morgan fingerprint density at radius 3 is 2.69 bits per heavy atom. The van der Waals surface area contributed by atoms with E-state index >= 15 is 0 Å². The lowest BCUT2D eigenvalue weighted by atomic mass is 9.76. The number of carbonyl (C=O) groups excluding carboxylic acids is 2. The van der Waals surface area contributed by atoms with Crippen LogP contribution in [0.15, 0.2) is 48.5 Å². The maximum absolute atomic E-state index is 13.2. The van der Waals surface area contributed by atoms with E-state index in [1.807, 2.05) is 66.2 Å². The molecule has 0 aromatic heterocycles. The van der Waals surface area contributed by atoms with E-state index in [-0.39, 0.29) is 24.5 Å². The molecular formula is C23H26N2O4. The van der Waals surface area contributed by atoms with Crippen LogP contribution in [0.4, 0.5) is 0 Å². The van der Waals surface area contributed by atoms with Crippen molar-refractivity contribution in [1.82, 2.24) is 9.80 Å². The van der Waals surface area contributed by atoms with Gasteiger partial charge in [-0.25, -0.2) is 0 Å². The number of aryl methyl sites for hydroxylation is 1. The number of ether oxygens (including phenoxy) is 2. The Bertz CT molecular complexity index is 930. The molecule has 0 saturated carbocycles. The number of amides is 2. The maximum Gasteiger partial charge on any atom is 0.254 e. The fourth-order valence-electron chi connectivity index (χ4n) is 4.55. The van der Waals surface area contributed by atoms with Gasteiger partial charge in [-0.3, -0.25) is 9.59 Å². The Labute approximate surface area is 171 Å². The molecule has 2 aromatic carbocycles. The minimum atomic E-state index is -0.557. The molecule has 152 valence electrons. The molecule has 2 aromatic rings. The molecule has 0 N–H and O–H groups in total.